The molecule has 0 atom stereocenters. The van der Waals surface area contributed by atoms with Gasteiger partial charge in [-0.05, 0) is 25.1 Å². The van der Waals surface area contributed by atoms with Crippen LogP contribution >= 0.6 is 0 Å². The lowest BCUT2D eigenvalue weighted by Crippen LogP contribution is -2.28. The molecule has 0 saturated carbocycles. The number of aryl methyl sites for hydroxylation is 2. The van der Waals surface area contributed by atoms with E-state index in [1.54, 1.807) is 31.3 Å². The van der Waals surface area contributed by atoms with Crippen LogP contribution in [0.15, 0.2) is 46.1 Å². The van der Waals surface area contributed by atoms with Crippen molar-refractivity contribution >= 4 is 0 Å². The van der Waals surface area contributed by atoms with Gasteiger partial charge in [-0.15, -0.1) is 0 Å². The summed E-state index contributed by atoms with van der Waals surface area (Å²) < 4.78 is 3.04. The molecular weight excluding hydrogens is 242 g/mol. The van der Waals surface area contributed by atoms with Crippen molar-refractivity contribution in [2.45, 2.75) is 20.0 Å². The van der Waals surface area contributed by atoms with E-state index in [1.807, 2.05) is 6.07 Å². The van der Waals surface area contributed by atoms with Gasteiger partial charge in [-0.3, -0.25) is 9.59 Å². The third kappa shape index (κ3) is 2.63. The van der Waals surface area contributed by atoms with Crippen molar-refractivity contribution in [1.29, 1.82) is 5.26 Å². The first kappa shape index (κ1) is 12.8. The molecule has 0 radical (unpaired) electrons. The Balaban J connectivity index is 2.31. The van der Waals surface area contributed by atoms with E-state index in [4.69, 9.17) is 5.26 Å². The Morgan fingerprint density at radius 1 is 1.16 bits per heavy atom. The van der Waals surface area contributed by atoms with Crippen molar-refractivity contribution in [3.63, 3.8) is 0 Å². The SMILES string of the molecule is Cc1ccc(C#N)c(=O)n1CCn1ccccc1=O. The molecule has 0 aliphatic rings. The van der Waals surface area contributed by atoms with Crippen LogP contribution in [0.5, 0.6) is 0 Å². The number of nitriles is 1. The minimum atomic E-state index is -0.313. The van der Waals surface area contributed by atoms with Crippen LogP contribution in [0.3, 0.4) is 0 Å². The molecule has 0 aliphatic carbocycles. The number of hydrogen-bond donors (Lipinski definition) is 0. The summed E-state index contributed by atoms with van der Waals surface area (Å²) in [7, 11) is 0. The average molecular weight is 255 g/mol. The monoisotopic (exact) mass is 255 g/mol. The van der Waals surface area contributed by atoms with Crippen LogP contribution in [0.4, 0.5) is 0 Å². The molecule has 0 N–H and O–H groups in total. The molecule has 5 heteroatoms. The van der Waals surface area contributed by atoms with E-state index in [9.17, 15) is 9.59 Å². The van der Waals surface area contributed by atoms with Crippen LogP contribution in [0.2, 0.25) is 0 Å². The summed E-state index contributed by atoms with van der Waals surface area (Å²) in [5, 5.41) is 8.84. The summed E-state index contributed by atoms with van der Waals surface area (Å²) in [4.78, 5) is 23.5. The lowest BCUT2D eigenvalue weighted by atomic mass is 10.2. The fraction of sp³-hybridized carbons (Fsp3) is 0.214. The standard InChI is InChI=1S/C14H13N3O2/c1-11-5-6-12(10-15)14(19)17(11)9-8-16-7-3-2-4-13(16)18/h2-7H,8-9H2,1H3. The van der Waals surface area contributed by atoms with E-state index in [-0.39, 0.29) is 16.7 Å². The fourth-order valence-electron chi connectivity index (χ4n) is 1.89. The number of hydrogen-bond acceptors (Lipinski definition) is 3. The molecule has 5 nitrogen and oxygen atoms in total. The Kier molecular flexibility index (Phi) is 3.62. The van der Waals surface area contributed by atoms with Gasteiger partial charge in [0.2, 0.25) is 0 Å². The Hall–Kier alpha value is -2.61. The predicted octanol–water partition coefficient (Wildman–Crippen LogP) is 0.890. The first-order valence-electron chi connectivity index (χ1n) is 5.89. The normalized spacial score (nSPS) is 10.1. The molecule has 0 fully saturated rings. The fourth-order valence-corrected chi connectivity index (χ4v) is 1.89. The largest absolute Gasteiger partial charge is 0.314 e. The zero-order valence-corrected chi connectivity index (χ0v) is 10.5. The van der Waals surface area contributed by atoms with Crippen molar-refractivity contribution in [2.75, 3.05) is 0 Å². The van der Waals surface area contributed by atoms with E-state index in [2.05, 4.69) is 0 Å². The van der Waals surface area contributed by atoms with E-state index in [0.29, 0.717) is 13.1 Å². The van der Waals surface area contributed by atoms with Gasteiger partial charge in [0.25, 0.3) is 11.1 Å². The van der Waals surface area contributed by atoms with Gasteiger partial charge in [0.05, 0.1) is 0 Å². The number of pyridine rings is 2. The summed E-state index contributed by atoms with van der Waals surface area (Å²) >= 11 is 0. The van der Waals surface area contributed by atoms with E-state index < -0.39 is 0 Å². The Morgan fingerprint density at radius 2 is 1.95 bits per heavy atom. The van der Waals surface area contributed by atoms with E-state index in [0.717, 1.165) is 5.69 Å². The van der Waals surface area contributed by atoms with Gasteiger partial charge >= 0.3 is 0 Å². The summed E-state index contributed by atoms with van der Waals surface area (Å²) in [6, 6.07) is 10.0. The average Bonchev–Trinajstić information content (AvgIpc) is 2.40. The van der Waals surface area contributed by atoms with E-state index >= 15 is 0 Å². The van der Waals surface area contributed by atoms with Crippen LogP contribution in [-0.4, -0.2) is 9.13 Å². The second-order valence-electron chi connectivity index (χ2n) is 4.19. The van der Waals surface area contributed by atoms with Gasteiger partial charge < -0.3 is 9.13 Å². The number of rotatable bonds is 3. The van der Waals surface area contributed by atoms with Crippen LogP contribution in [-0.2, 0) is 13.1 Å². The minimum Gasteiger partial charge on any atom is -0.314 e. The van der Waals surface area contributed by atoms with Gasteiger partial charge in [0.15, 0.2) is 0 Å². The van der Waals surface area contributed by atoms with Gasteiger partial charge in [-0.25, -0.2) is 0 Å². The second kappa shape index (κ2) is 5.36. The third-order valence-electron chi connectivity index (χ3n) is 2.98. The summed E-state index contributed by atoms with van der Waals surface area (Å²) in [5.41, 5.74) is 0.468. The molecule has 2 aromatic heterocycles. The lowest BCUT2D eigenvalue weighted by Gasteiger charge is -2.11. The van der Waals surface area contributed by atoms with Crippen molar-refractivity contribution in [3.05, 3.63) is 68.5 Å². The smallest absolute Gasteiger partial charge is 0.268 e. The predicted molar refractivity (Wildman–Crippen MR) is 70.9 cm³/mol. The highest BCUT2D eigenvalue weighted by atomic mass is 16.1. The zero-order valence-electron chi connectivity index (χ0n) is 10.5. The molecule has 0 saturated heterocycles. The van der Waals surface area contributed by atoms with Crippen LogP contribution < -0.4 is 11.1 Å². The van der Waals surface area contributed by atoms with E-state index in [1.165, 1.54) is 21.3 Å². The van der Waals surface area contributed by atoms with Crippen molar-refractivity contribution < 1.29 is 0 Å². The highest BCUT2D eigenvalue weighted by Gasteiger charge is 2.05. The van der Waals surface area contributed by atoms with Crippen LogP contribution in [0, 0.1) is 18.3 Å². The summed E-state index contributed by atoms with van der Waals surface area (Å²) in [6.07, 6.45) is 1.68. The number of aromatic nitrogens is 2. The maximum atomic E-state index is 12.0. The molecule has 2 aromatic rings. The van der Waals surface area contributed by atoms with Gasteiger partial charge in [0, 0.05) is 31.0 Å². The second-order valence-corrected chi connectivity index (χ2v) is 4.19. The van der Waals surface area contributed by atoms with Gasteiger partial charge in [-0.1, -0.05) is 6.07 Å². The molecule has 96 valence electrons. The van der Waals surface area contributed by atoms with Crippen LogP contribution in [0.1, 0.15) is 11.3 Å². The third-order valence-corrected chi connectivity index (χ3v) is 2.98. The maximum absolute atomic E-state index is 12.0. The summed E-state index contributed by atoms with van der Waals surface area (Å²) in [6.45, 7) is 2.57. The quantitative estimate of drug-likeness (QED) is 0.818. The first-order chi connectivity index (χ1) is 9.13. The highest BCUT2D eigenvalue weighted by Crippen LogP contribution is 1.98. The van der Waals surface area contributed by atoms with Crippen molar-refractivity contribution in [2.24, 2.45) is 0 Å². The molecule has 0 aromatic carbocycles. The van der Waals surface area contributed by atoms with Gasteiger partial charge in [-0.2, -0.15) is 5.26 Å². The van der Waals surface area contributed by atoms with Crippen molar-refractivity contribution in [1.82, 2.24) is 9.13 Å². The molecule has 0 unspecified atom stereocenters. The molecule has 2 rings (SSSR count). The minimum absolute atomic E-state index is 0.107. The summed E-state index contributed by atoms with van der Waals surface area (Å²) in [5.74, 6) is 0. The Morgan fingerprint density at radius 3 is 2.63 bits per heavy atom. The topological polar surface area (TPSA) is 67.8 Å². The maximum Gasteiger partial charge on any atom is 0.268 e. The molecule has 0 spiro atoms. The lowest BCUT2D eigenvalue weighted by molar-refractivity contribution is 0.543. The molecule has 0 amide bonds. The number of nitrogens with zero attached hydrogens (tertiary/aromatic N) is 3. The van der Waals surface area contributed by atoms with Crippen LogP contribution in [0.25, 0.3) is 0 Å². The first-order valence-corrected chi connectivity index (χ1v) is 5.89. The molecule has 2 heterocycles. The molecule has 0 aliphatic heterocycles. The zero-order chi connectivity index (χ0) is 13.8. The molecule has 19 heavy (non-hydrogen) atoms. The Bertz CT molecular complexity index is 750. The molecule has 0 bridgehead atoms. The Labute approximate surface area is 110 Å². The molecular formula is C14H13N3O2. The highest BCUT2D eigenvalue weighted by molar-refractivity contribution is 5.27. The van der Waals surface area contributed by atoms with Crippen molar-refractivity contribution in [3.8, 4) is 6.07 Å². The van der Waals surface area contributed by atoms with Gasteiger partial charge in [0.1, 0.15) is 11.6 Å².